The lowest BCUT2D eigenvalue weighted by molar-refractivity contribution is 0.0636. The van der Waals surface area contributed by atoms with Gasteiger partial charge in [-0.15, -0.1) is 0 Å². The molecule has 28 heavy (non-hydrogen) atoms. The molecule has 1 aromatic heterocycles. The van der Waals surface area contributed by atoms with E-state index in [2.05, 4.69) is 37.4 Å². The summed E-state index contributed by atoms with van der Waals surface area (Å²) in [5.74, 6) is -0.443. The third-order valence-electron chi connectivity index (χ3n) is 3.38. The third-order valence-corrected chi connectivity index (χ3v) is 4.76. The molecule has 1 unspecified atom stereocenters. The first-order chi connectivity index (χ1) is 13.2. The van der Waals surface area contributed by atoms with Gasteiger partial charge in [0.2, 0.25) is 5.78 Å². The van der Waals surface area contributed by atoms with E-state index < -0.39 is 17.5 Å². The van der Waals surface area contributed by atoms with E-state index in [1.165, 1.54) is 12.3 Å². The van der Waals surface area contributed by atoms with Crippen molar-refractivity contribution < 1.29 is 14.3 Å². The van der Waals surface area contributed by atoms with Crippen LogP contribution in [0.2, 0.25) is 5.02 Å². The van der Waals surface area contributed by atoms with Gasteiger partial charge in [0.15, 0.2) is 0 Å². The number of rotatable bonds is 6. The third kappa shape index (κ3) is 5.86. The number of carbonyl (C=O) groups is 2. The normalized spacial score (nSPS) is 11.3. The quantitative estimate of drug-likeness (QED) is 0.193. The molecule has 0 aliphatic heterocycles. The Labute approximate surface area is 182 Å². The summed E-state index contributed by atoms with van der Waals surface area (Å²) in [6, 6.07) is 6.55. The summed E-state index contributed by atoms with van der Waals surface area (Å²) in [6.07, 6.45) is 2.10. The van der Waals surface area contributed by atoms with Gasteiger partial charge in [-0.3, -0.25) is 10.1 Å². The summed E-state index contributed by atoms with van der Waals surface area (Å²) < 4.78 is 5.24. The molecule has 148 valence electrons. The van der Waals surface area contributed by atoms with Crippen LogP contribution >= 0.6 is 40.0 Å². The molecule has 1 amide bonds. The molecule has 0 saturated carbocycles. The predicted octanol–water partition coefficient (Wildman–Crippen LogP) is 5.67. The van der Waals surface area contributed by atoms with E-state index in [0.717, 1.165) is 6.21 Å². The number of ether oxygens (including phenoxy) is 1. The first-order valence-electron chi connectivity index (χ1n) is 8.11. The van der Waals surface area contributed by atoms with Crippen molar-refractivity contribution in [1.29, 1.82) is 5.41 Å². The smallest absolute Gasteiger partial charge is 0.412 e. The molecule has 0 radical (unpaired) electrons. The number of anilines is 2. The lowest BCUT2D eigenvalue weighted by Crippen LogP contribution is -2.28. The highest BCUT2D eigenvalue weighted by molar-refractivity contribution is 14.2. The maximum absolute atomic E-state index is 13.2. The van der Waals surface area contributed by atoms with Crippen LogP contribution in [0.4, 0.5) is 16.2 Å². The second-order valence-corrected chi connectivity index (χ2v) is 9.13. The van der Waals surface area contributed by atoms with Crippen LogP contribution in [-0.2, 0) is 4.74 Å². The number of hydrogen-bond donors (Lipinski definition) is 3. The van der Waals surface area contributed by atoms with Crippen LogP contribution in [0.3, 0.4) is 0 Å². The standard InChI is InChI=1S/C18H19ClIN4O3P/c1-18(2,3)27-17(26)23-14-7-10(19)9-22-15(14)16(25)11-5-4-6-13(24-28-20)12(11)8-21/h4-9,21,24,28H,1-3H3,(H,23,26). The van der Waals surface area contributed by atoms with Crippen LogP contribution in [0.25, 0.3) is 0 Å². The summed E-state index contributed by atoms with van der Waals surface area (Å²) in [5, 5.41) is 13.6. The second-order valence-electron chi connectivity index (χ2n) is 6.64. The van der Waals surface area contributed by atoms with Crippen molar-refractivity contribution in [3.63, 3.8) is 0 Å². The Morgan fingerprint density at radius 1 is 1.32 bits per heavy atom. The van der Waals surface area contributed by atoms with E-state index in [4.69, 9.17) is 21.7 Å². The maximum Gasteiger partial charge on any atom is 0.412 e. The summed E-state index contributed by atoms with van der Waals surface area (Å²) in [6.45, 7) is 5.20. The van der Waals surface area contributed by atoms with E-state index in [9.17, 15) is 9.59 Å². The fourth-order valence-corrected chi connectivity index (χ4v) is 3.68. The lowest BCUT2D eigenvalue weighted by atomic mass is 9.99. The van der Waals surface area contributed by atoms with E-state index in [0.29, 0.717) is 17.6 Å². The molecule has 0 spiro atoms. The Bertz CT molecular complexity index is 918. The first kappa shape index (κ1) is 22.5. The first-order valence-corrected chi connectivity index (χ1v) is 12.6. The highest BCUT2D eigenvalue weighted by Crippen LogP contribution is 2.30. The van der Waals surface area contributed by atoms with E-state index in [1.807, 2.05) is 0 Å². The van der Waals surface area contributed by atoms with E-state index >= 15 is 0 Å². The molecule has 0 fully saturated rings. The van der Waals surface area contributed by atoms with Crippen molar-refractivity contribution in [2.75, 3.05) is 10.4 Å². The summed E-state index contributed by atoms with van der Waals surface area (Å²) in [4.78, 5) is 29.4. The van der Waals surface area contributed by atoms with Gasteiger partial charge in [0.25, 0.3) is 0 Å². The number of halogens is 2. The molecule has 2 rings (SSSR count). The van der Waals surface area contributed by atoms with Gasteiger partial charge in [0, 0.05) is 35.6 Å². The van der Waals surface area contributed by atoms with Crippen LogP contribution in [0, 0.1) is 5.41 Å². The number of pyridine rings is 1. The Hall–Kier alpha value is -1.77. The zero-order chi connectivity index (χ0) is 20.9. The number of carbonyl (C=O) groups excluding carboxylic acids is 2. The van der Waals surface area contributed by atoms with Gasteiger partial charge in [0.05, 0.1) is 10.7 Å². The number of hydrogen-bond acceptors (Lipinski definition) is 6. The van der Waals surface area contributed by atoms with Gasteiger partial charge in [-0.05, 0) is 54.9 Å². The van der Waals surface area contributed by atoms with Gasteiger partial charge >= 0.3 is 6.09 Å². The number of nitrogens with zero attached hydrogens (tertiary/aromatic N) is 1. The Morgan fingerprint density at radius 2 is 2.04 bits per heavy atom. The summed E-state index contributed by atoms with van der Waals surface area (Å²) in [7, 11) is 0. The van der Waals surface area contributed by atoms with Crippen LogP contribution in [-0.4, -0.2) is 28.7 Å². The van der Waals surface area contributed by atoms with Crippen molar-refractivity contribution in [2.24, 2.45) is 0 Å². The second kappa shape index (κ2) is 9.62. The molecule has 10 heteroatoms. The van der Waals surface area contributed by atoms with E-state index in [-0.39, 0.29) is 22.0 Å². The molecular weight excluding hydrogens is 514 g/mol. The molecule has 3 N–H and O–H groups in total. The van der Waals surface area contributed by atoms with Gasteiger partial charge in [-0.25, -0.2) is 9.78 Å². The molecule has 0 bridgehead atoms. The number of amides is 1. The van der Waals surface area contributed by atoms with Gasteiger partial charge < -0.3 is 15.2 Å². The summed E-state index contributed by atoms with van der Waals surface area (Å²) >= 11 is 8.16. The van der Waals surface area contributed by atoms with Crippen LogP contribution in [0.15, 0.2) is 30.5 Å². The highest BCUT2D eigenvalue weighted by atomic mass is 127. The fourth-order valence-electron chi connectivity index (χ4n) is 2.34. The molecule has 1 aromatic carbocycles. The van der Waals surface area contributed by atoms with Crippen LogP contribution < -0.4 is 10.4 Å². The maximum atomic E-state index is 13.2. The molecule has 0 aliphatic rings. The fraction of sp³-hybridized carbons (Fsp3) is 0.222. The van der Waals surface area contributed by atoms with Crippen molar-refractivity contribution >= 4 is 69.5 Å². The largest absolute Gasteiger partial charge is 0.444 e. The molecule has 7 nitrogen and oxygen atoms in total. The summed E-state index contributed by atoms with van der Waals surface area (Å²) in [5.41, 5.74) is 0.843. The average Bonchev–Trinajstić information content (AvgIpc) is 2.59. The Balaban J connectivity index is 2.46. The number of aromatic nitrogens is 1. The average molecular weight is 533 g/mol. The topological polar surface area (TPSA) is 104 Å². The monoisotopic (exact) mass is 532 g/mol. The minimum absolute atomic E-state index is 0.00688. The van der Waals surface area contributed by atoms with Crippen molar-refractivity contribution in [3.8, 4) is 0 Å². The predicted molar refractivity (Wildman–Crippen MR) is 123 cm³/mol. The van der Waals surface area contributed by atoms with Gasteiger partial charge in [0.1, 0.15) is 11.3 Å². The van der Waals surface area contributed by atoms with Gasteiger partial charge in [-0.2, -0.15) is 0 Å². The van der Waals surface area contributed by atoms with Crippen molar-refractivity contribution in [1.82, 2.24) is 4.98 Å². The Morgan fingerprint density at radius 3 is 2.64 bits per heavy atom. The molecule has 2 aromatic rings. The van der Waals surface area contributed by atoms with Crippen molar-refractivity contribution in [2.45, 2.75) is 26.4 Å². The van der Waals surface area contributed by atoms with Crippen molar-refractivity contribution in [3.05, 3.63) is 52.3 Å². The molecular formula is C18H19ClIN4O3P. The molecule has 0 saturated heterocycles. The Kier molecular flexibility index (Phi) is 7.74. The molecule has 1 atom stereocenters. The number of nitrogens with one attached hydrogen (secondary N) is 3. The zero-order valence-corrected chi connectivity index (χ0v) is 19.3. The zero-order valence-electron chi connectivity index (χ0n) is 15.4. The van der Waals surface area contributed by atoms with E-state index in [1.54, 1.807) is 39.0 Å². The van der Waals surface area contributed by atoms with Crippen LogP contribution in [0.1, 0.15) is 42.4 Å². The number of ketones is 1. The molecule has 1 heterocycles. The SMILES string of the molecule is CC(C)(C)OC(=O)Nc1cc(Cl)cnc1C(=O)c1cccc(NPI)c1C=N. The van der Waals surface area contributed by atoms with Gasteiger partial charge in [-0.1, -0.05) is 23.7 Å². The lowest BCUT2D eigenvalue weighted by Gasteiger charge is -2.20. The number of benzene rings is 1. The minimum Gasteiger partial charge on any atom is -0.444 e. The van der Waals surface area contributed by atoms with Crippen LogP contribution in [0.5, 0.6) is 0 Å². The minimum atomic E-state index is -0.723. The highest BCUT2D eigenvalue weighted by Gasteiger charge is 2.23. The molecule has 0 aliphatic carbocycles.